The number of hydrogen-bond acceptors (Lipinski definition) is 2. The number of fused-ring (bicyclic) bond motifs is 1. The van der Waals surface area contributed by atoms with Gasteiger partial charge in [0.1, 0.15) is 12.4 Å². The summed E-state index contributed by atoms with van der Waals surface area (Å²) in [7, 11) is 0. The van der Waals surface area contributed by atoms with Crippen molar-refractivity contribution in [3.05, 3.63) is 59.2 Å². The van der Waals surface area contributed by atoms with Crippen LogP contribution in [0.1, 0.15) is 5.56 Å². The largest absolute Gasteiger partial charge is 0.489 e. The molecular weight excluding hydrogens is 248 g/mol. The van der Waals surface area contributed by atoms with Gasteiger partial charge >= 0.3 is 0 Å². The molecule has 3 rings (SSSR count). The number of hydrogen-bond donors (Lipinski definition) is 1. The van der Waals surface area contributed by atoms with E-state index in [0.717, 1.165) is 27.2 Å². The summed E-state index contributed by atoms with van der Waals surface area (Å²) in [6, 6.07) is 13.5. The Labute approximate surface area is 109 Å². The topological polar surface area (TPSA) is 37.9 Å². The molecule has 0 unspecified atom stereocenters. The van der Waals surface area contributed by atoms with Crippen molar-refractivity contribution in [3.8, 4) is 5.75 Å². The van der Waals surface area contributed by atoms with Gasteiger partial charge in [-0.25, -0.2) is 0 Å². The second-order valence-corrected chi connectivity index (χ2v) is 4.47. The van der Waals surface area contributed by atoms with Gasteiger partial charge in [0.2, 0.25) is 0 Å². The Balaban J connectivity index is 1.74. The molecule has 1 N–H and O–H groups in total. The van der Waals surface area contributed by atoms with E-state index in [1.165, 1.54) is 0 Å². The smallest absolute Gasteiger partial charge is 0.120 e. The van der Waals surface area contributed by atoms with Crippen LogP contribution in [0.15, 0.2) is 48.7 Å². The van der Waals surface area contributed by atoms with Crippen LogP contribution in [-0.4, -0.2) is 10.2 Å². The van der Waals surface area contributed by atoms with Crippen molar-refractivity contribution in [2.24, 2.45) is 0 Å². The molecule has 4 heteroatoms. The van der Waals surface area contributed by atoms with Gasteiger partial charge in [-0.2, -0.15) is 5.10 Å². The number of nitrogens with one attached hydrogen (secondary N) is 1. The Morgan fingerprint density at radius 2 is 1.94 bits per heavy atom. The van der Waals surface area contributed by atoms with Crippen LogP contribution in [0.4, 0.5) is 0 Å². The predicted octanol–water partition coefficient (Wildman–Crippen LogP) is 3.80. The lowest BCUT2D eigenvalue weighted by molar-refractivity contribution is 0.306. The summed E-state index contributed by atoms with van der Waals surface area (Å²) in [5.41, 5.74) is 2.10. The van der Waals surface area contributed by atoms with Crippen molar-refractivity contribution in [1.29, 1.82) is 0 Å². The van der Waals surface area contributed by atoms with Crippen molar-refractivity contribution in [2.45, 2.75) is 6.61 Å². The molecule has 18 heavy (non-hydrogen) atoms. The van der Waals surface area contributed by atoms with Crippen molar-refractivity contribution in [3.63, 3.8) is 0 Å². The molecule has 0 aliphatic heterocycles. The standard InChI is InChI=1S/C14H11ClN2O/c15-12-3-1-10(2-4-12)9-18-13-5-6-14-11(7-13)8-16-17-14/h1-8H,9H2,(H,16,17). The van der Waals surface area contributed by atoms with E-state index in [1.807, 2.05) is 42.5 Å². The summed E-state index contributed by atoms with van der Waals surface area (Å²) < 4.78 is 5.72. The fourth-order valence-electron chi connectivity index (χ4n) is 1.76. The average Bonchev–Trinajstić information content (AvgIpc) is 2.85. The second-order valence-electron chi connectivity index (χ2n) is 4.03. The molecular formula is C14H11ClN2O. The maximum Gasteiger partial charge on any atom is 0.120 e. The first-order valence-corrected chi connectivity index (χ1v) is 5.99. The minimum Gasteiger partial charge on any atom is -0.489 e. The molecule has 0 saturated heterocycles. The first-order valence-electron chi connectivity index (χ1n) is 5.62. The zero-order valence-corrected chi connectivity index (χ0v) is 10.3. The van der Waals surface area contributed by atoms with Crippen LogP contribution >= 0.6 is 11.6 Å². The van der Waals surface area contributed by atoms with Gasteiger partial charge in [0.05, 0.1) is 11.7 Å². The van der Waals surface area contributed by atoms with Gasteiger partial charge in [0.15, 0.2) is 0 Å². The van der Waals surface area contributed by atoms with Crippen molar-refractivity contribution in [2.75, 3.05) is 0 Å². The van der Waals surface area contributed by atoms with Crippen LogP contribution in [0.5, 0.6) is 5.75 Å². The Morgan fingerprint density at radius 3 is 2.78 bits per heavy atom. The highest BCUT2D eigenvalue weighted by Gasteiger charge is 2.00. The lowest BCUT2D eigenvalue weighted by Gasteiger charge is -2.06. The van der Waals surface area contributed by atoms with E-state index >= 15 is 0 Å². The highest BCUT2D eigenvalue weighted by atomic mass is 35.5. The number of benzene rings is 2. The predicted molar refractivity (Wildman–Crippen MR) is 71.9 cm³/mol. The molecule has 0 amide bonds. The van der Waals surface area contributed by atoms with E-state index in [4.69, 9.17) is 16.3 Å². The summed E-state index contributed by atoms with van der Waals surface area (Å²) in [5.74, 6) is 0.832. The molecule has 0 fully saturated rings. The normalized spacial score (nSPS) is 10.7. The maximum absolute atomic E-state index is 5.83. The van der Waals surface area contributed by atoms with E-state index in [9.17, 15) is 0 Å². The molecule has 1 heterocycles. The number of halogens is 1. The number of ether oxygens (including phenoxy) is 1. The fourth-order valence-corrected chi connectivity index (χ4v) is 1.88. The third-order valence-corrected chi connectivity index (χ3v) is 2.98. The summed E-state index contributed by atoms with van der Waals surface area (Å²) in [5, 5.41) is 8.66. The highest BCUT2D eigenvalue weighted by molar-refractivity contribution is 6.30. The highest BCUT2D eigenvalue weighted by Crippen LogP contribution is 2.20. The van der Waals surface area contributed by atoms with Crippen LogP contribution in [0.2, 0.25) is 5.02 Å². The Bertz CT molecular complexity index is 661. The second kappa shape index (κ2) is 4.70. The first kappa shape index (κ1) is 11.1. The van der Waals surface area contributed by atoms with Gasteiger partial charge in [0.25, 0.3) is 0 Å². The number of nitrogens with zero attached hydrogens (tertiary/aromatic N) is 1. The van der Waals surface area contributed by atoms with E-state index in [2.05, 4.69) is 10.2 Å². The van der Waals surface area contributed by atoms with Crippen LogP contribution < -0.4 is 4.74 Å². The third-order valence-electron chi connectivity index (χ3n) is 2.73. The van der Waals surface area contributed by atoms with Crippen LogP contribution in [0.3, 0.4) is 0 Å². The Kier molecular flexibility index (Phi) is 2.90. The summed E-state index contributed by atoms with van der Waals surface area (Å²) >= 11 is 5.83. The zero-order valence-electron chi connectivity index (χ0n) is 9.56. The fraction of sp³-hybridized carbons (Fsp3) is 0.0714. The molecule has 0 radical (unpaired) electrons. The van der Waals surface area contributed by atoms with E-state index in [0.29, 0.717) is 6.61 Å². The summed E-state index contributed by atoms with van der Waals surface area (Å²) in [4.78, 5) is 0. The maximum atomic E-state index is 5.83. The van der Waals surface area contributed by atoms with Gasteiger partial charge in [-0.05, 0) is 35.9 Å². The number of aromatic nitrogens is 2. The summed E-state index contributed by atoms with van der Waals surface area (Å²) in [6.45, 7) is 0.528. The van der Waals surface area contributed by atoms with E-state index < -0.39 is 0 Å². The molecule has 3 aromatic rings. The van der Waals surface area contributed by atoms with Gasteiger partial charge in [-0.3, -0.25) is 5.10 Å². The van der Waals surface area contributed by atoms with Gasteiger partial charge < -0.3 is 4.74 Å². The van der Waals surface area contributed by atoms with Gasteiger partial charge in [-0.15, -0.1) is 0 Å². The van der Waals surface area contributed by atoms with Crippen molar-refractivity contribution < 1.29 is 4.74 Å². The molecule has 0 aliphatic rings. The number of rotatable bonds is 3. The lowest BCUT2D eigenvalue weighted by Crippen LogP contribution is -1.94. The molecule has 0 atom stereocenters. The SMILES string of the molecule is Clc1ccc(COc2ccc3[nH]ncc3c2)cc1. The van der Waals surface area contributed by atoms with Crippen LogP contribution in [-0.2, 0) is 6.61 Å². The van der Waals surface area contributed by atoms with Gasteiger partial charge in [0, 0.05) is 10.4 Å². The molecule has 2 aromatic carbocycles. The molecule has 0 aliphatic carbocycles. The number of aromatic amines is 1. The molecule has 0 spiro atoms. The minimum atomic E-state index is 0.528. The Morgan fingerprint density at radius 1 is 1.11 bits per heavy atom. The molecule has 3 nitrogen and oxygen atoms in total. The van der Waals surface area contributed by atoms with Crippen LogP contribution in [0, 0.1) is 0 Å². The monoisotopic (exact) mass is 258 g/mol. The Hall–Kier alpha value is -2.00. The van der Waals surface area contributed by atoms with Gasteiger partial charge in [-0.1, -0.05) is 23.7 Å². The lowest BCUT2D eigenvalue weighted by atomic mass is 10.2. The minimum absolute atomic E-state index is 0.528. The molecule has 0 saturated carbocycles. The molecule has 0 bridgehead atoms. The molecule has 1 aromatic heterocycles. The van der Waals surface area contributed by atoms with E-state index in [-0.39, 0.29) is 0 Å². The van der Waals surface area contributed by atoms with Crippen molar-refractivity contribution >= 4 is 22.5 Å². The van der Waals surface area contributed by atoms with E-state index in [1.54, 1.807) is 6.20 Å². The van der Waals surface area contributed by atoms with Crippen LogP contribution in [0.25, 0.3) is 10.9 Å². The third kappa shape index (κ3) is 2.31. The molecule has 90 valence electrons. The quantitative estimate of drug-likeness (QED) is 0.776. The summed E-state index contributed by atoms with van der Waals surface area (Å²) in [6.07, 6.45) is 1.78. The zero-order chi connectivity index (χ0) is 12.4. The number of H-pyrrole nitrogens is 1. The average molecular weight is 259 g/mol. The first-order chi connectivity index (χ1) is 8.81. The van der Waals surface area contributed by atoms with Crippen molar-refractivity contribution in [1.82, 2.24) is 10.2 Å².